The Labute approximate surface area is 103 Å². The van der Waals surface area contributed by atoms with Crippen LogP contribution in [0.25, 0.3) is 0 Å². The Morgan fingerprint density at radius 2 is 2.29 bits per heavy atom. The van der Waals surface area contributed by atoms with Crippen molar-refractivity contribution in [3.8, 4) is 0 Å². The van der Waals surface area contributed by atoms with E-state index >= 15 is 0 Å². The Morgan fingerprint density at radius 1 is 1.41 bits per heavy atom. The molecular weight excluding hydrogens is 212 g/mol. The van der Waals surface area contributed by atoms with Gasteiger partial charge in [-0.2, -0.15) is 0 Å². The highest BCUT2D eigenvalue weighted by atomic mass is 16.5. The van der Waals surface area contributed by atoms with Crippen LogP contribution in [-0.4, -0.2) is 26.3 Å². The zero-order chi connectivity index (χ0) is 11.7. The summed E-state index contributed by atoms with van der Waals surface area (Å²) in [6, 6.07) is 6.60. The summed E-state index contributed by atoms with van der Waals surface area (Å²) in [4.78, 5) is 0. The van der Waals surface area contributed by atoms with Crippen LogP contribution < -0.4 is 10.6 Å². The maximum Gasteiger partial charge on any atom is 0.0554 e. The largest absolute Gasteiger partial charge is 0.384 e. The lowest BCUT2D eigenvalue weighted by Crippen LogP contribution is -2.47. The van der Waals surface area contributed by atoms with Crippen molar-refractivity contribution in [1.82, 2.24) is 5.32 Å². The Bertz CT molecular complexity index is 413. The van der Waals surface area contributed by atoms with Crippen molar-refractivity contribution in [2.75, 3.05) is 31.6 Å². The first kappa shape index (κ1) is 11.1. The lowest BCUT2D eigenvalue weighted by molar-refractivity contribution is -0.0991. The van der Waals surface area contributed by atoms with Gasteiger partial charge in [0, 0.05) is 30.7 Å². The summed E-state index contributed by atoms with van der Waals surface area (Å²) in [5.41, 5.74) is 4.56. The van der Waals surface area contributed by atoms with Crippen molar-refractivity contribution in [2.24, 2.45) is 5.41 Å². The van der Waals surface area contributed by atoms with Gasteiger partial charge in [-0.1, -0.05) is 25.1 Å². The van der Waals surface area contributed by atoms with Crippen molar-refractivity contribution < 1.29 is 4.74 Å². The molecule has 0 bridgehead atoms. The van der Waals surface area contributed by atoms with Gasteiger partial charge in [0.15, 0.2) is 0 Å². The molecule has 2 N–H and O–H groups in total. The number of benzene rings is 1. The monoisotopic (exact) mass is 232 g/mol. The topological polar surface area (TPSA) is 33.3 Å². The highest BCUT2D eigenvalue weighted by molar-refractivity contribution is 5.61. The SMILES string of the molecule is CC1(CNCc2cccc3c2NCC3)COC1. The predicted octanol–water partition coefficient (Wildman–Crippen LogP) is 1.78. The van der Waals surface area contributed by atoms with Crippen LogP contribution >= 0.6 is 0 Å². The quantitative estimate of drug-likeness (QED) is 0.830. The number of nitrogens with one attached hydrogen (secondary N) is 2. The van der Waals surface area contributed by atoms with Gasteiger partial charge in [-0.3, -0.25) is 0 Å². The van der Waals surface area contributed by atoms with Crippen LogP contribution in [0.15, 0.2) is 18.2 Å². The molecule has 17 heavy (non-hydrogen) atoms. The van der Waals surface area contributed by atoms with Crippen molar-refractivity contribution in [2.45, 2.75) is 19.9 Å². The number of fused-ring (bicyclic) bond motifs is 1. The van der Waals surface area contributed by atoms with Crippen molar-refractivity contribution in [1.29, 1.82) is 0 Å². The molecule has 1 aromatic carbocycles. The van der Waals surface area contributed by atoms with E-state index in [0.717, 1.165) is 39.3 Å². The average molecular weight is 232 g/mol. The molecule has 0 saturated carbocycles. The van der Waals surface area contributed by atoms with E-state index in [4.69, 9.17) is 4.74 Å². The first-order valence-electron chi connectivity index (χ1n) is 6.40. The van der Waals surface area contributed by atoms with E-state index in [1.807, 2.05) is 0 Å². The van der Waals surface area contributed by atoms with Crippen LogP contribution in [-0.2, 0) is 17.7 Å². The highest BCUT2D eigenvalue weighted by Crippen LogP contribution is 2.28. The van der Waals surface area contributed by atoms with Gasteiger partial charge in [0.05, 0.1) is 13.2 Å². The minimum Gasteiger partial charge on any atom is -0.384 e. The number of ether oxygens (including phenoxy) is 1. The van der Waals surface area contributed by atoms with E-state index in [-0.39, 0.29) is 0 Å². The maximum absolute atomic E-state index is 5.26. The molecule has 3 rings (SSSR count). The van der Waals surface area contributed by atoms with Crippen LogP contribution in [0.5, 0.6) is 0 Å². The minimum atomic E-state index is 0.353. The first-order chi connectivity index (χ1) is 8.27. The summed E-state index contributed by atoms with van der Waals surface area (Å²) in [5, 5.41) is 7.03. The Hall–Kier alpha value is -1.06. The fraction of sp³-hybridized carbons (Fsp3) is 0.571. The molecule has 0 unspecified atom stereocenters. The molecule has 0 radical (unpaired) electrons. The second-order valence-corrected chi connectivity index (χ2v) is 5.54. The summed E-state index contributed by atoms with van der Waals surface area (Å²) in [7, 11) is 0. The van der Waals surface area contributed by atoms with E-state index in [0.29, 0.717) is 5.41 Å². The van der Waals surface area contributed by atoms with Gasteiger partial charge in [0.2, 0.25) is 0 Å². The smallest absolute Gasteiger partial charge is 0.0554 e. The van der Waals surface area contributed by atoms with Crippen molar-refractivity contribution in [3.05, 3.63) is 29.3 Å². The predicted molar refractivity (Wildman–Crippen MR) is 69.3 cm³/mol. The molecule has 0 aliphatic carbocycles. The van der Waals surface area contributed by atoms with E-state index in [1.54, 1.807) is 0 Å². The Balaban J connectivity index is 1.60. The minimum absolute atomic E-state index is 0.353. The van der Waals surface area contributed by atoms with Gasteiger partial charge < -0.3 is 15.4 Å². The zero-order valence-electron chi connectivity index (χ0n) is 10.4. The van der Waals surface area contributed by atoms with Gasteiger partial charge in [-0.15, -0.1) is 0 Å². The summed E-state index contributed by atoms with van der Waals surface area (Å²) in [6.07, 6.45) is 1.16. The second kappa shape index (κ2) is 4.31. The van der Waals surface area contributed by atoms with E-state index in [2.05, 4.69) is 35.8 Å². The van der Waals surface area contributed by atoms with Gasteiger partial charge in [0.1, 0.15) is 0 Å². The van der Waals surface area contributed by atoms with E-state index in [9.17, 15) is 0 Å². The van der Waals surface area contributed by atoms with Gasteiger partial charge in [-0.05, 0) is 17.5 Å². The number of para-hydroxylation sites is 1. The van der Waals surface area contributed by atoms with Crippen LogP contribution in [0, 0.1) is 5.41 Å². The molecule has 0 aromatic heterocycles. The molecule has 92 valence electrons. The van der Waals surface area contributed by atoms with E-state index in [1.165, 1.54) is 16.8 Å². The molecule has 0 spiro atoms. The van der Waals surface area contributed by atoms with Crippen LogP contribution in [0.4, 0.5) is 5.69 Å². The maximum atomic E-state index is 5.26. The summed E-state index contributed by atoms with van der Waals surface area (Å²) in [5.74, 6) is 0. The second-order valence-electron chi connectivity index (χ2n) is 5.54. The molecular formula is C14H20N2O. The molecule has 1 aromatic rings. The van der Waals surface area contributed by atoms with Crippen LogP contribution in [0.2, 0.25) is 0 Å². The summed E-state index contributed by atoms with van der Waals surface area (Å²) in [6.45, 7) is 7.13. The van der Waals surface area contributed by atoms with Gasteiger partial charge >= 0.3 is 0 Å². The summed E-state index contributed by atoms with van der Waals surface area (Å²) >= 11 is 0. The van der Waals surface area contributed by atoms with Crippen LogP contribution in [0.1, 0.15) is 18.1 Å². The molecule has 2 aliphatic rings. The van der Waals surface area contributed by atoms with Gasteiger partial charge in [-0.25, -0.2) is 0 Å². The summed E-state index contributed by atoms with van der Waals surface area (Å²) < 4.78 is 5.26. The Kier molecular flexibility index (Phi) is 2.81. The normalized spacial score (nSPS) is 20.5. The van der Waals surface area contributed by atoms with E-state index < -0.39 is 0 Å². The lowest BCUT2D eigenvalue weighted by Gasteiger charge is -2.38. The van der Waals surface area contributed by atoms with Gasteiger partial charge in [0.25, 0.3) is 0 Å². The number of hydrogen-bond donors (Lipinski definition) is 2. The molecule has 1 saturated heterocycles. The first-order valence-corrected chi connectivity index (χ1v) is 6.40. The Morgan fingerprint density at radius 3 is 3.06 bits per heavy atom. The molecule has 0 atom stereocenters. The number of rotatable bonds is 4. The standard InChI is InChI=1S/C14H20N2O/c1-14(9-17-10-14)8-15-7-12-4-2-3-11-5-6-16-13(11)12/h2-4,15-16H,5-10H2,1H3. The molecule has 0 amide bonds. The third kappa shape index (κ3) is 2.17. The van der Waals surface area contributed by atoms with Crippen LogP contribution in [0.3, 0.4) is 0 Å². The fourth-order valence-corrected chi connectivity index (χ4v) is 2.61. The zero-order valence-corrected chi connectivity index (χ0v) is 10.4. The third-order valence-corrected chi connectivity index (χ3v) is 3.70. The molecule has 2 heterocycles. The third-order valence-electron chi connectivity index (χ3n) is 3.70. The molecule has 1 fully saturated rings. The molecule has 3 heteroatoms. The van der Waals surface area contributed by atoms with Crippen molar-refractivity contribution in [3.63, 3.8) is 0 Å². The lowest BCUT2D eigenvalue weighted by atomic mass is 9.89. The van der Waals surface area contributed by atoms with Crippen molar-refractivity contribution >= 4 is 5.69 Å². The molecule has 3 nitrogen and oxygen atoms in total. The highest BCUT2D eigenvalue weighted by Gasteiger charge is 2.32. The number of hydrogen-bond acceptors (Lipinski definition) is 3. The number of anilines is 1. The fourth-order valence-electron chi connectivity index (χ4n) is 2.61. The molecule has 2 aliphatic heterocycles. The average Bonchev–Trinajstić information content (AvgIpc) is 2.75.